The Labute approximate surface area is 122 Å². The maximum atomic E-state index is 12.1. The number of carbonyl (C=O) groups is 2. The van der Waals surface area contributed by atoms with E-state index >= 15 is 0 Å². The molecule has 5 nitrogen and oxygen atoms in total. The summed E-state index contributed by atoms with van der Waals surface area (Å²) in [5.41, 5.74) is 0. The highest BCUT2D eigenvalue weighted by atomic mass is 32.1. The molecule has 20 heavy (non-hydrogen) atoms. The Morgan fingerprint density at radius 1 is 1.30 bits per heavy atom. The third kappa shape index (κ3) is 3.59. The molecule has 0 unspecified atom stereocenters. The molecular formula is C14H17N3O2S. The summed E-state index contributed by atoms with van der Waals surface area (Å²) in [6.45, 7) is 2.96. The number of terminal acetylenes is 1. The Balaban J connectivity index is 1.79. The largest absolute Gasteiger partial charge is 0.338 e. The smallest absolute Gasteiger partial charge is 0.264 e. The van der Waals surface area contributed by atoms with Gasteiger partial charge in [0, 0.05) is 26.2 Å². The number of piperazine rings is 1. The Morgan fingerprint density at radius 2 is 2.00 bits per heavy atom. The van der Waals surface area contributed by atoms with Gasteiger partial charge in [-0.2, -0.15) is 0 Å². The van der Waals surface area contributed by atoms with E-state index < -0.39 is 0 Å². The lowest BCUT2D eigenvalue weighted by molar-refractivity contribution is -0.131. The van der Waals surface area contributed by atoms with E-state index in [-0.39, 0.29) is 18.4 Å². The van der Waals surface area contributed by atoms with Crippen LogP contribution in [0.1, 0.15) is 9.67 Å². The van der Waals surface area contributed by atoms with Crippen molar-refractivity contribution in [1.29, 1.82) is 0 Å². The fraction of sp³-hybridized carbons (Fsp3) is 0.429. The van der Waals surface area contributed by atoms with Crippen LogP contribution >= 0.6 is 11.3 Å². The number of nitrogens with zero attached hydrogens (tertiary/aromatic N) is 2. The van der Waals surface area contributed by atoms with Gasteiger partial charge in [0.05, 0.1) is 18.0 Å². The molecule has 1 saturated heterocycles. The molecule has 0 atom stereocenters. The molecule has 0 bridgehead atoms. The van der Waals surface area contributed by atoms with E-state index in [0.717, 1.165) is 4.88 Å². The van der Waals surface area contributed by atoms with Gasteiger partial charge < -0.3 is 9.80 Å². The van der Waals surface area contributed by atoms with Crippen LogP contribution < -0.4 is 5.32 Å². The van der Waals surface area contributed by atoms with Crippen molar-refractivity contribution >= 4 is 23.2 Å². The molecule has 1 N–H and O–H groups in total. The molecule has 1 aliphatic heterocycles. The number of hydrogen-bond donors (Lipinski definition) is 1. The van der Waals surface area contributed by atoms with Gasteiger partial charge in [-0.05, 0) is 11.4 Å². The lowest BCUT2D eigenvalue weighted by atomic mass is 10.3. The summed E-state index contributed by atoms with van der Waals surface area (Å²) in [6, 6.07) is 3.70. The highest BCUT2D eigenvalue weighted by Crippen LogP contribution is 2.13. The third-order valence-electron chi connectivity index (χ3n) is 3.15. The summed E-state index contributed by atoms with van der Waals surface area (Å²) in [5, 5.41) is 4.78. The summed E-state index contributed by atoms with van der Waals surface area (Å²) >= 11 is 1.44. The molecule has 1 aliphatic rings. The molecule has 2 heterocycles. The molecule has 6 heteroatoms. The van der Waals surface area contributed by atoms with Crippen LogP contribution in [0.25, 0.3) is 0 Å². The fourth-order valence-corrected chi connectivity index (χ4v) is 2.76. The van der Waals surface area contributed by atoms with Crippen molar-refractivity contribution in [3.63, 3.8) is 0 Å². The van der Waals surface area contributed by atoms with Crippen LogP contribution in [-0.2, 0) is 4.79 Å². The third-order valence-corrected chi connectivity index (χ3v) is 4.01. The molecule has 0 spiro atoms. The SMILES string of the molecule is C#CCNCC(=O)N1CCN(C(=O)c2cccs2)CC1. The first-order valence-electron chi connectivity index (χ1n) is 6.47. The molecule has 1 aromatic rings. The molecule has 0 aliphatic carbocycles. The van der Waals surface area contributed by atoms with Gasteiger partial charge in [-0.3, -0.25) is 14.9 Å². The minimum atomic E-state index is 0.0310. The Hall–Kier alpha value is -1.84. The van der Waals surface area contributed by atoms with E-state index in [4.69, 9.17) is 6.42 Å². The summed E-state index contributed by atoms with van der Waals surface area (Å²) in [7, 11) is 0. The second-order valence-corrected chi connectivity index (χ2v) is 5.41. The van der Waals surface area contributed by atoms with Gasteiger partial charge in [0.1, 0.15) is 0 Å². The number of thiophene rings is 1. The van der Waals surface area contributed by atoms with E-state index in [2.05, 4.69) is 11.2 Å². The van der Waals surface area contributed by atoms with E-state index in [9.17, 15) is 9.59 Å². The quantitative estimate of drug-likeness (QED) is 0.639. The van der Waals surface area contributed by atoms with Crippen LogP contribution in [0, 0.1) is 12.3 Å². The average molecular weight is 291 g/mol. The summed E-state index contributed by atoms with van der Waals surface area (Å²) in [6.07, 6.45) is 5.11. The van der Waals surface area contributed by atoms with Crippen LogP contribution in [0.2, 0.25) is 0 Å². The molecule has 0 aromatic carbocycles. The number of carbonyl (C=O) groups excluding carboxylic acids is 2. The molecule has 0 radical (unpaired) electrons. The topological polar surface area (TPSA) is 52.7 Å². The molecule has 1 aromatic heterocycles. The zero-order valence-corrected chi connectivity index (χ0v) is 12.0. The second kappa shape index (κ2) is 7.08. The van der Waals surface area contributed by atoms with E-state index in [0.29, 0.717) is 32.7 Å². The minimum Gasteiger partial charge on any atom is -0.338 e. The zero-order chi connectivity index (χ0) is 14.4. The van der Waals surface area contributed by atoms with Crippen molar-refractivity contribution in [3.8, 4) is 12.3 Å². The number of amides is 2. The molecule has 1 fully saturated rings. The molecular weight excluding hydrogens is 274 g/mol. The van der Waals surface area contributed by atoms with Crippen LogP contribution in [-0.4, -0.2) is 60.9 Å². The highest BCUT2D eigenvalue weighted by Gasteiger charge is 2.24. The fourth-order valence-electron chi connectivity index (χ4n) is 2.07. The zero-order valence-electron chi connectivity index (χ0n) is 11.2. The van der Waals surface area contributed by atoms with Crippen LogP contribution in [0.3, 0.4) is 0 Å². The first kappa shape index (κ1) is 14.6. The molecule has 106 valence electrons. The maximum Gasteiger partial charge on any atom is 0.264 e. The van der Waals surface area contributed by atoms with Gasteiger partial charge >= 0.3 is 0 Å². The minimum absolute atomic E-state index is 0.0310. The average Bonchev–Trinajstić information content (AvgIpc) is 3.01. The number of nitrogens with one attached hydrogen (secondary N) is 1. The first-order chi connectivity index (χ1) is 9.72. The van der Waals surface area contributed by atoms with Crippen LogP contribution in [0.5, 0.6) is 0 Å². The predicted octanol–water partition coefficient (Wildman–Crippen LogP) is 0.255. The maximum absolute atomic E-state index is 12.1. The van der Waals surface area contributed by atoms with Gasteiger partial charge in [0.25, 0.3) is 5.91 Å². The van der Waals surface area contributed by atoms with E-state index in [1.54, 1.807) is 9.80 Å². The van der Waals surface area contributed by atoms with Crippen molar-refractivity contribution in [2.45, 2.75) is 0 Å². The van der Waals surface area contributed by atoms with E-state index in [1.165, 1.54) is 11.3 Å². The van der Waals surface area contributed by atoms with Crippen molar-refractivity contribution in [1.82, 2.24) is 15.1 Å². The monoisotopic (exact) mass is 291 g/mol. The van der Waals surface area contributed by atoms with Crippen LogP contribution in [0.4, 0.5) is 0 Å². The van der Waals surface area contributed by atoms with Crippen molar-refractivity contribution in [3.05, 3.63) is 22.4 Å². The molecule has 2 rings (SSSR count). The van der Waals surface area contributed by atoms with E-state index in [1.807, 2.05) is 17.5 Å². The molecule has 2 amide bonds. The van der Waals surface area contributed by atoms with Gasteiger partial charge in [-0.15, -0.1) is 17.8 Å². The summed E-state index contributed by atoms with van der Waals surface area (Å²) in [5.74, 6) is 2.51. The van der Waals surface area contributed by atoms with Crippen molar-refractivity contribution in [2.24, 2.45) is 0 Å². The normalized spacial score (nSPS) is 14.9. The van der Waals surface area contributed by atoms with Gasteiger partial charge in [-0.1, -0.05) is 12.0 Å². The van der Waals surface area contributed by atoms with Crippen molar-refractivity contribution < 1.29 is 9.59 Å². The van der Waals surface area contributed by atoms with Crippen LogP contribution in [0.15, 0.2) is 17.5 Å². The van der Waals surface area contributed by atoms with Gasteiger partial charge in [0.15, 0.2) is 0 Å². The Kier molecular flexibility index (Phi) is 5.16. The number of rotatable bonds is 4. The first-order valence-corrected chi connectivity index (χ1v) is 7.35. The Bertz CT molecular complexity index is 499. The van der Waals surface area contributed by atoms with Gasteiger partial charge in [-0.25, -0.2) is 0 Å². The summed E-state index contributed by atoms with van der Waals surface area (Å²) in [4.78, 5) is 28.3. The number of hydrogen-bond acceptors (Lipinski definition) is 4. The lowest BCUT2D eigenvalue weighted by Gasteiger charge is -2.34. The highest BCUT2D eigenvalue weighted by molar-refractivity contribution is 7.12. The lowest BCUT2D eigenvalue weighted by Crippen LogP contribution is -2.52. The second-order valence-electron chi connectivity index (χ2n) is 4.46. The predicted molar refractivity (Wildman–Crippen MR) is 78.5 cm³/mol. The standard InChI is InChI=1S/C14H17N3O2S/c1-2-5-15-11-13(18)16-6-8-17(9-7-16)14(19)12-4-3-10-20-12/h1,3-4,10,15H,5-9,11H2. The van der Waals surface area contributed by atoms with Crippen molar-refractivity contribution in [2.75, 3.05) is 39.3 Å². The van der Waals surface area contributed by atoms with Gasteiger partial charge in [0.2, 0.25) is 5.91 Å². The summed E-state index contributed by atoms with van der Waals surface area (Å²) < 4.78 is 0. The Morgan fingerprint density at radius 3 is 2.60 bits per heavy atom. The molecule has 0 saturated carbocycles.